The predicted molar refractivity (Wildman–Crippen MR) is 72.1 cm³/mol. The molecule has 17 heavy (non-hydrogen) atoms. The number of amides is 1. The van der Waals surface area contributed by atoms with Crippen LogP contribution in [0.1, 0.15) is 11.1 Å². The molecule has 0 spiro atoms. The van der Waals surface area contributed by atoms with Gasteiger partial charge >= 0.3 is 0 Å². The Morgan fingerprint density at radius 3 is 2.53 bits per heavy atom. The highest BCUT2D eigenvalue weighted by molar-refractivity contribution is 8.26. The van der Waals surface area contributed by atoms with E-state index in [9.17, 15) is 4.79 Å². The molecule has 5 heteroatoms. The van der Waals surface area contributed by atoms with Gasteiger partial charge in [-0.25, -0.2) is 0 Å². The number of carbonyl (C=O) groups is 1. The number of rotatable bonds is 1. The van der Waals surface area contributed by atoms with E-state index in [4.69, 9.17) is 17.5 Å². The summed E-state index contributed by atoms with van der Waals surface area (Å²) < 4.78 is 0.565. The summed E-state index contributed by atoms with van der Waals surface area (Å²) in [5.41, 5.74) is 1.49. The van der Waals surface area contributed by atoms with Crippen LogP contribution >= 0.6 is 24.0 Å². The maximum absolute atomic E-state index is 11.7. The second-order valence-electron chi connectivity index (χ2n) is 3.47. The molecule has 0 atom stereocenters. The van der Waals surface area contributed by atoms with Gasteiger partial charge in [0, 0.05) is 7.05 Å². The van der Waals surface area contributed by atoms with Crippen LogP contribution < -0.4 is 0 Å². The molecule has 0 radical (unpaired) electrons. The second-order valence-corrected chi connectivity index (χ2v) is 5.15. The van der Waals surface area contributed by atoms with Crippen LogP contribution in [0.3, 0.4) is 0 Å². The minimum atomic E-state index is -0.0793. The summed E-state index contributed by atoms with van der Waals surface area (Å²) in [4.78, 5) is 13.8. The number of nitrogens with zero attached hydrogens (tertiary/aromatic N) is 2. The van der Waals surface area contributed by atoms with Crippen LogP contribution in [0.4, 0.5) is 0 Å². The molecule has 84 valence electrons. The second kappa shape index (κ2) is 4.70. The average molecular weight is 260 g/mol. The molecule has 0 aliphatic carbocycles. The van der Waals surface area contributed by atoms with Gasteiger partial charge in [0.05, 0.1) is 16.5 Å². The number of benzene rings is 1. The third kappa shape index (κ3) is 2.38. The molecule has 1 fully saturated rings. The molecule has 1 aliphatic heterocycles. The fourth-order valence-corrected chi connectivity index (χ4v) is 2.53. The Morgan fingerprint density at radius 2 is 2.06 bits per heavy atom. The largest absolute Gasteiger partial charge is 0.296 e. The molecule has 1 aliphatic rings. The minimum absolute atomic E-state index is 0.0793. The first-order chi connectivity index (χ1) is 8.11. The van der Waals surface area contributed by atoms with Gasteiger partial charge in [-0.3, -0.25) is 9.69 Å². The van der Waals surface area contributed by atoms with Crippen molar-refractivity contribution in [1.82, 2.24) is 4.90 Å². The van der Waals surface area contributed by atoms with E-state index in [1.165, 1.54) is 16.7 Å². The molecule has 0 aromatic heterocycles. The molecule has 0 saturated carbocycles. The van der Waals surface area contributed by atoms with Gasteiger partial charge in [-0.2, -0.15) is 5.26 Å². The number of carbonyl (C=O) groups excluding carboxylic acids is 1. The highest BCUT2D eigenvalue weighted by Gasteiger charge is 2.28. The van der Waals surface area contributed by atoms with E-state index in [-0.39, 0.29) is 5.91 Å². The van der Waals surface area contributed by atoms with E-state index in [1.54, 1.807) is 37.4 Å². The molecule has 0 unspecified atom stereocenters. The molecule has 0 N–H and O–H groups in total. The van der Waals surface area contributed by atoms with E-state index in [2.05, 4.69) is 0 Å². The first-order valence-corrected chi connectivity index (χ1v) is 6.06. The number of likely N-dealkylation sites (N-methyl/N-ethyl adjacent to an activating group) is 1. The van der Waals surface area contributed by atoms with Crippen molar-refractivity contribution in [2.45, 2.75) is 0 Å². The van der Waals surface area contributed by atoms with Gasteiger partial charge in [0.2, 0.25) is 0 Å². The number of thioether (sulfide) groups is 1. The molecular formula is C12H8N2OS2. The van der Waals surface area contributed by atoms with Gasteiger partial charge in [-0.05, 0) is 23.8 Å². The molecule has 3 nitrogen and oxygen atoms in total. The van der Waals surface area contributed by atoms with Crippen LogP contribution in [0.15, 0.2) is 29.2 Å². The van der Waals surface area contributed by atoms with Crippen LogP contribution in [0.2, 0.25) is 0 Å². The van der Waals surface area contributed by atoms with Gasteiger partial charge in [0.15, 0.2) is 0 Å². The molecule has 1 amide bonds. The minimum Gasteiger partial charge on any atom is -0.296 e. The van der Waals surface area contributed by atoms with Crippen LogP contribution in [0, 0.1) is 11.3 Å². The maximum atomic E-state index is 11.7. The Bertz CT molecular complexity index is 555. The standard InChI is InChI=1S/C12H8N2OS2/c1-14-11(15)10(17-12(14)16)6-8-2-4-9(7-13)5-3-8/h2-6H,1H3. The van der Waals surface area contributed by atoms with Crippen molar-refractivity contribution < 1.29 is 4.79 Å². The maximum Gasteiger partial charge on any atom is 0.265 e. The number of thiocarbonyl (C=S) groups is 1. The topological polar surface area (TPSA) is 44.1 Å². The van der Waals surface area contributed by atoms with Gasteiger partial charge in [-0.1, -0.05) is 36.1 Å². The fourth-order valence-electron chi connectivity index (χ4n) is 1.35. The van der Waals surface area contributed by atoms with Crippen molar-refractivity contribution in [3.8, 4) is 6.07 Å². The highest BCUT2D eigenvalue weighted by Crippen LogP contribution is 2.31. The van der Waals surface area contributed by atoms with Crippen LogP contribution in [0.25, 0.3) is 6.08 Å². The summed E-state index contributed by atoms with van der Waals surface area (Å²) in [5.74, 6) is -0.0793. The summed E-state index contributed by atoms with van der Waals surface area (Å²) >= 11 is 6.33. The number of hydrogen-bond donors (Lipinski definition) is 0. The smallest absolute Gasteiger partial charge is 0.265 e. The van der Waals surface area contributed by atoms with Gasteiger partial charge in [0.1, 0.15) is 4.32 Å². The van der Waals surface area contributed by atoms with E-state index in [0.29, 0.717) is 14.8 Å². The Morgan fingerprint density at radius 1 is 1.41 bits per heavy atom. The highest BCUT2D eigenvalue weighted by atomic mass is 32.2. The normalized spacial score (nSPS) is 17.6. The quantitative estimate of drug-likeness (QED) is 0.574. The lowest BCUT2D eigenvalue weighted by atomic mass is 10.1. The van der Waals surface area contributed by atoms with Crippen molar-refractivity contribution in [3.63, 3.8) is 0 Å². The Hall–Kier alpha value is -1.64. The third-order valence-electron chi connectivity index (χ3n) is 2.32. The average Bonchev–Trinajstić information content (AvgIpc) is 2.58. The Balaban J connectivity index is 2.28. The summed E-state index contributed by atoms with van der Waals surface area (Å²) in [7, 11) is 1.66. The zero-order chi connectivity index (χ0) is 12.4. The zero-order valence-electron chi connectivity index (χ0n) is 9.01. The molecule has 0 bridgehead atoms. The van der Waals surface area contributed by atoms with Gasteiger partial charge < -0.3 is 0 Å². The summed E-state index contributed by atoms with van der Waals surface area (Å²) in [6.45, 7) is 0. The molecule has 2 rings (SSSR count). The summed E-state index contributed by atoms with van der Waals surface area (Å²) in [6.07, 6.45) is 1.78. The number of nitriles is 1. The fraction of sp³-hybridized carbons (Fsp3) is 0.0833. The van der Waals surface area contributed by atoms with E-state index < -0.39 is 0 Å². The SMILES string of the molecule is CN1C(=O)C(=Cc2ccc(C#N)cc2)SC1=S. The van der Waals surface area contributed by atoms with Crippen LogP contribution in [0.5, 0.6) is 0 Å². The third-order valence-corrected chi connectivity index (χ3v) is 3.81. The van der Waals surface area contributed by atoms with Crippen molar-refractivity contribution in [1.29, 1.82) is 5.26 Å². The first-order valence-electron chi connectivity index (χ1n) is 4.83. The van der Waals surface area contributed by atoms with Crippen molar-refractivity contribution in [3.05, 3.63) is 40.3 Å². The summed E-state index contributed by atoms with van der Waals surface area (Å²) in [6, 6.07) is 9.10. The van der Waals surface area contributed by atoms with Crippen molar-refractivity contribution in [2.75, 3.05) is 7.05 Å². The lowest BCUT2D eigenvalue weighted by Gasteiger charge is -2.03. The monoisotopic (exact) mass is 260 g/mol. The Kier molecular flexibility index (Phi) is 3.27. The summed E-state index contributed by atoms with van der Waals surface area (Å²) in [5, 5.41) is 8.68. The van der Waals surface area contributed by atoms with E-state index in [1.807, 2.05) is 6.07 Å². The lowest BCUT2D eigenvalue weighted by molar-refractivity contribution is -0.121. The Labute approximate surface area is 109 Å². The van der Waals surface area contributed by atoms with E-state index >= 15 is 0 Å². The first kappa shape index (κ1) is 11.8. The molecule has 1 aromatic carbocycles. The number of hydrogen-bond acceptors (Lipinski definition) is 4. The molecule has 1 saturated heterocycles. The zero-order valence-corrected chi connectivity index (χ0v) is 10.6. The van der Waals surface area contributed by atoms with Crippen molar-refractivity contribution in [2.24, 2.45) is 0 Å². The molecule has 1 heterocycles. The van der Waals surface area contributed by atoms with Gasteiger partial charge in [-0.15, -0.1) is 0 Å². The van der Waals surface area contributed by atoms with Gasteiger partial charge in [0.25, 0.3) is 5.91 Å². The lowest BCUT2D eigenvalue weighted by Crippen LogP contribution is -2.22. The predicted octanol–water partition coefficient (Wildman–Crippen LogP) is 2.39. The van der Waals surface area contributed by atoms with Crippen LogP contribution in [-0.2, 0) is 4.79 Å². The van der Waals surface area contributed by atoms with Crippen LogP contribution in [-0.4, -0.2) is 22.2 Å². The molecular weight excluding hydrogens is 252 g/mol. The van der Waals surface area contributed by atoms with E-state index in [0.717, 1.165) is 5.56 Å². The molecule has 1 aromatic rings. The van der Waals surface area contributed by atoms with Crippen molar-refractivity contribution >= 4 is 40.3 Å².